The molecule has 5 nitrogen and oxygen atoms in total. The molecular weight excluding hydrogens is 364 g/mol. The molecule has 1 aliphatic rings. The maximum absolute atomic E-state index is 12.7. The summed E-state index contributed by atoms with van der Waals surface area (Å²) in [6.45, 7) is 3.16. The zero-order chi connectivity index (χ0) is 19.4. The number of anilines is 1. The first-order valence-electron chi connectivity index (χ1n) is 9.01. The minimum absolute atomic E-state index is 0.0893. The molecule has 0 aliphatic heterocycles. The van der Waals surface area contributed by atoms with Crippen LogP contribution >= 0.6 is 11.6 Å². The number of nitrogens with zero attached hydrogens (tertiary/aromatic N) is 1. The second-order valence-corrected chi connectivity index (χ2v) is 7.26. The van der Waals surface area contributed by atoms with E-state index in [9.17, 15) is 4.79 Å². The molecule has 1 fully saturated rings. The average molecular weight is 389 g/mol. The lowest BCUT2D eigenvalue weighted by atomic mass is 10.1. The zero-order valence-corrected chi connectivity index (χ0v) is 16.7. The fourth-order valence-electron chi connectivity index (χ4n) is 3.01. The predicted octanol–water partition coefficient (Wildman–Crippen LogP) is 4.27. The van der Waals surface area contributed by atoms with E-state index in [1.54, 1.807) is 19.2 Å². The Hall–Kier alpha value is -2.24. The molecule has 0 aromatic heterocycles. The van der Waals surface area contributed by atoms with Gasteiger partial charge < -0.3 is 14.8 Å². The highest BCUT2D eigenvalue weighted by Gasteiger charge is 2.30. The van der Waals surface area contributed by atoms with Crippen LogP contribution in [-0.4, -0.2) is 37.6 Å². The van der Waals surface area contributed by atoms with Crippen LogP contribution in [0.3, 0.4) is 0 Å². The third-order valence-corrected chi connectivity index (χ3v) is 4.96. The lowest BCUT2D eigenvalue weighted by Gasteiger charge is -2.22. The highest BCUT2D eigenvalue weighted by Crippen LogP contribution is 2.36. The first kappa shape index (κ1) is 19.5. The number of methoxy groups -OCH3 is 2. The zero-order valence-electron chi connectivity index (χ0n) is 15.9. The van der Waals surface area contributed by atoms with E-state index >= 15 is 0 Å². The maximum Gasteiger partial charge on any atom is 0.238 e. The summed E-state index contributed by atoms with van der Waals surface area (Å²) in [6, 6.07) is 12.2. The van der Waals surface area contributed by atoms with Crippen LogP contribution in [0.25, 0.3) is 0 Å². The average Bonchev–Trinajstić information content (AvgIpc) is 3.48. The van der Waals surface area contributed by atoms with E-state index in [-0.39, 0.29) is 5.91 Å². The van der Waals surface area contributed by atoms with Crippen LogP contribution in [0, 0.1) is 6.92 Å². The Morgan fingerprint density at radius 2 is 1.81 bits per heavy atom. The summed E-state index contributed by atoms with van der Waals surface area (Å²) in [7, 11) is 3.09. The monoisotopic (exact) mass is 388 g/mol. The first-order chi connectivity index (χ1) is 13.0. The van der Waals surface area contributed by atoms with Crippen molar-refractivity contribution in [3.63, 3.8) is 0 Å². The molecule has 0 heterocycles. The first-order valence-corrected chi connectivity index (χ1v) is 9.39. The van der Waals surface area contributed by atoms with Crippen molar-refractivity contribution in [2.24, 2.45) is 0 Å². The van der Waals surface area contributed by atoms with E-state index in [0.717, 1.165) is 19.4 Å². The molecule has 27 heavy (non-hydrogen) atoms. The number of hydrogen-bond acceptors (Lipinski definition) is 4. The van der Waals surface area contributed by atoms with Crippen LogP contribution in [-0.2, 0) is 11.3 Å². The molecule has 1 amide bonds. The van der Waals surface area contributed by atoms with Gasteiger partial charge in [-0.3, -0.25) is 9.69 Å². The number of carbonyl (C=O) groups is 1. The molecular formula is C21H25ClN2O3. The van der Waals surface area contributed by atoms with Crippen LogP contribution in [0.2, 0.25) is 5.02 Å². The van der Waals surface area contributed by atoms with Crippen LogP contribution in [0.4, 0.5) is 5.69 Å². The van der Waals surface area contributed by atoms with Gasteiger partial charge in [0, 0.05) is 18.7 Å². The third kappa shape index (κ3) is 5.15. The molecule has 2 aromatic rings. The van der Waals surface area contributed by atoms with Gasteiger partial charge in [-0.15, -0.1) is 0 Å². The molecule has 0 bridgehead atoms. The number of ether oxygens (including phenoxy) is 2. The lowest BCUT2D eigenvalue weighted by molar-refractivity contribution is -0.117. The highest BCUT2D eigenvalue weighted by atomic mass is 35.5. The van der Waals surface area contributed by atoms with Gasteiger partial charge >= 0.3 is 0 Å². The SMILES string of the molecule is COc1cc(OC)c(NC(=O)CN(Cc2ccc(C)cc2)C2CC2)cc1Cl. The van der Waals surface area contributed by atoms with Gasteiger partial charge in [-0.05, 0) is 31.4 Å². The van der Waals surface area contributed by atoms with Crippen LogP contribution in [0.15, 0.2) is 36.4 Å². The summed E-state index contributed by atoms with van der Waals surface area (Å²) in [4.78, 5) is 14.9. The summed E-state index contributed by atoms with van der Waals surface area (Å²) < 4.78 is 10.5. The fraction of sp³-hybridized carbons (Fsp3) is 0.381. The second kappa shape index (κ2) is 8.63. The van der Waals surface area contributed by atoms with E-state index in [1.807, 2.05) is 0 Å². The van der Waals surface area contributed by atoms with Gasteiger partial charge in [0.1, 0.15) is 11.5 Å². The molecule has 0 unspecified atom stereocenters. The smallest absolute Gasteiger partial charge is 0.238 e. The number of carbonyl (C=O) groups excluding carboxylic acids is 1. The topological polar surface area (TPSA) is 50.8 Å². The van der Waals surface area contributed by atoms with Crippen molar-refractivity contribution in [1.29, 1.82) is 0 Å². The molecule has 1 N–H and O–H groups in total. The minimum atomic E-state index is -0.0893. The van der Waals surface area contributed by atoms with Crippen molar-refractivity contribution in [3.8, 4) is 11.5 Å². The van der Waals surface area contributed by atoms with E-state index in [4.69, 9.17) is 21.1 Å². The largest absolute Gasteiger partial charge is 0.495 e. The molecule has 0 atom stereocenters. The van der Waals surface area contributed by atoms with E-state index in [2.05, 4.69) is 41.4 Å². The standard InChI is InChI=1S/C21H25ClN2O3/c1-14-4-6-15(7-5-14)12-24(16-8-9-16)13-21(25)23-18-10-17(22)19(26-2)11-20(18)27-3/h4-7,10-11,16H,8-9,12-13H2,1-3H3,(H,23,25). The highest BCUT2D eigenvalue weighted by molar-refractivity contribution is 6.32. The third-order valence-electron chi connectivity index (χ3n) is 4.66. The molecule has 3 rings (SSSR count). The molecule has 6 heteroatoms. The van der Waals surface area contributed by atoms with Gasteiger partial charge in [0.15, 0.2) is 0 Å². The second-order valence-electron chi connectivity index (χ2n) is 6.86. The quantitative estimate of drug-likeness (QED) is 0.733. The van der Waals surface area contributed by atoms with Crippen molar-refractivity contribution < 1.29 is 14.3 Å². The number of halogens is 1. The molecule has 1 saturated carbocycles. The van der Waals surface area contributed by atoms with Crippen molar-refractivity contribution in [3.05, 3.63) is 52.5 Å². The molecule has 2 aromatic carbocycles. The Morgan fingerprint density at radius 1 is 1.15 bits per heavy atom. The predicted molar refractivity (Wildman–Crippen MR) is 108 cm³/mol. The van der Waals surface area contributed by atoms with Gasteiger partial charge in [0.05, 0.1) is 31.5 Å². The lowest BCUT2D eigenvalue weighted by Crippen LogP contribution is -2.34. The Labute approximate surface area is 165 Å². The van der Waals surface area contributed by atoms with Crippen molar-refractivity contribution in [2.45, 2.75) is 32.4 Å². The van der Waals surface area contributed by atoms with Gasteiger partial charge in [0.25, 0.3) is 0 Å². The number of rotatable bonds is 8. The molecule has 0 radical (unpaired) electrons. The van der Waals surface area contributed by atoms with Crippen molar-refractivity contribution in [1.82, 2.24) is 4.90 Å². The van der Waals surface area contributed by atoms with Crippen LogP contribution < -0.4 is 14.8 Å². The van der Waals surface area contributed by atoms with E-state index < -0.39 is 0 Å². The van der Waals surface area contributed by atoms with Gasteiger partial charge in [-0.25, -0.2) is 0 Å². The molecule has 0 saturated heterocycles. The summed E-state index contributed by atoms with van der Waals surface area (Å²) in [5.41, 5.74) is 2.99. The summed E-state index contributed by atoms with van der Waals surface area (Å²) in [6.07, 6.45) is 2.27. The Morgan fingerprint density at radius 3 is 2.41 bits per heavy atom. The van der Waals surface area contributed by atoms with E-state index in [0.29, 0.717) is 34.8 Å². The molecule has 0 spiro atoms. The fourth-order valence-corrected chi connectivity index (χ4v) is 3.25. The summed E-state index contributed by atoms with van der Waals surface area (Å²) >= 11 is 6.19. The Kier molecular flexibility index (Phi) is 6.24. The summed E-state index contributed by atoms with van der Waals surface area (Å²) in [5.74, 6) is 0.931. The number of benzene rings is 2. The summed E-state index contributed by atoms with van der Waals surface area (Å²) in [5, 5.41) is 3.34. The van der Waals surface area contributed by atoms with Gasteiger partial charge in [-0.2, -0.15) is 0 Å². The number of hydrogen-bond donors (Lipinski definition) is 1. The Bertz CT molecular complexity index is 804. The van der Waals surface area contributed by atoms with Gasteiger partial charge in [0.2, 0.25) is 5.91 Å². The number of nitrogens with one attached hydrogen (secondary N) is 1. The van der Waals surface area contributed by atoms with Gasteiger partial charge in [-0.1, -0.05) is 41.4 Å². The van der Waals surface area contributed by atoms with Crippen LogP contribution in [0.1, 0.15) is 24.0 Å². The van der Waals surface area contributed by atoms with Crippen molar-refractivity contribution in [2.75, 3.05) is 26.1 Å². The maximum atomic E-state index is 12.7. The molecule has 144 valence electrons. The van der Waals surface area contributed by atoms with Crippen molar-refractivity contribution >= 4 is 23.2 Å². The normalized spacial score (nSPS) is 13.5. The van der Waals surface area contributed by atoms with E-state index in [1.165, 1.54) is 18.2 Å². The molecule has 1 aliphatic carbocycles. The minimum Gasteiger partial charge on any atom is -0.495 e. The Balaban J connectivity index is 1.68. The number of amides is 1. The number of aryl methyl sites for hydroxylation is 1. The van der Waals surface area contributed by atoms with Crippen LogP contribution in [0.5, 0.6) is 11.5 Å².